The maximum absolute atomic E-state index is 11.0. The number of rotatable bonds is 5. The smallest absolute Gasteiger partial charge is 0.344 e. The predicted octanol–water partition coefficient (Wildman–Crippen LogP) is 1.73. The Labute approximate surface area is 144 Å². The molecule has 3 rings (SSSR count). The molecule has 3 aromatic rings. The van der Waals surface area contributed by atoms with E-state index in [1.807, 2.05) is 0 Å². The molecule has 0 fully saturated rings. The number of hydrogen-bond acceptors (Lipinski definition) is 7. The molecule has 9 nitrogen and oxygen atoms in total. The summed E-state index contributed by atoms with van der Waals surface area (Å²) in [4.78, 5) is 19.3. The van der Waals surface area contributed by atoms with Gasteiger partial charge in [-0.2, -0.15) is 10.2 Å². The van der Waals surface area contributed by atoms with E-state index in [0.717, 1.165) is 0 Å². The second kappa shape index (κ2) is 6.71. The Morgan fingerprint density at radius 2 is 2.12 bits per heavy atom. The third-order valence-electron chi connectivity index (χ3n) is 3.06. The van der Waals surface area contributed by atoms with Crippen LogP contribution in [0.4, 0.5) is 0 Å². The first-order chi connectivity index (χ1) is 11.6. The first-order valence-electron chi connectivity index (χ1n) is 6.79. The lowest BCUT2D eigenvalue weighted by atomic mass is 10.2. The van der Waals surface area contributed by atoms with Crippen LogP contribution in [0, 0.1) is 0 Å². The molecule has 0 aliphatic carbocycles. The van der Waals surface area contributed by atoms with Gasteiger partial charge in [-0.05, 0) is 28.9 Å². The molecule has 1 atom stereocenters. The van der Waals surface area contributed by atoms with Gasteiger partial charge >= 0.3 is 5.97 Å². The Morgan fingerprint density at radius 1 is 1.29 bits per heavy atom. The van der Waals surface area contributed by atoms with Gasteiger partial charge in [0.15, 0.2) is 11.9 Å². The standard InChI is InChI=1S/C14H11BrN6O3/c1-8(14(22)23)24-13-11(15)12(9-2-3-18-19-6-9)21(20-13)10-7-16-4-5-17-10/h2-8H,1H3,(H,22,23). The van der Waals surface area contributed by atoms with Gasteiger partial charge in [-0.1, -0.05) is 0 Å². The van der Waals surface area contributed by atoms with Crippen molar-refractivity contribution < 1.29 is 14.6 Å². The number of carboxylic acids is 1. The van der Waals surface area contributed by atoms with Crippen molar-refractivity contribution in [2.75, 3.05) is 0 Å². The summed E-state index contributed by atoms with van der Waals surface area (Å²) in [6.07, 6.45) is 6.63. The second-order valence-electron chi connectivity index (χ2n) is 4.67. The Kier molecular flexibility index (Phi) is 4.47. The van der Waals surface area contributed by atoms with Crippen LogP contribution < -0.4 is 4.74 Å². The molecule has 0 radical (unpaired) electrons. The predicted molar refractivity (Wildman–Crippen MR) is 85.6 cm³/mol. The molecular weight excluding hydrogens is 380 g/mol. The van der Waals surface area contributed by atoms with E-state index >= 15 is 0 Å². The van der Waals surface area contributed by atoms with Gasteiger partial charge in [0, 0.05) is 18.0 Å². The molecule has 0 saturated carbocycles. The first-order valence-corrected chi connectivity index (χ1v) is 7.58. The fourth-order valence-electron chi connectivity index (χ4n) is 1.92. The Hall–Kier alpha value is -2.88. The Morgan fingerprint density at radius 3 is 2.75 bits per heavy atom. The fraction of sp³-hybridized carbons (Fsp3) is 0.143. The van der Waals surface area contributed by atoms with Crippen LogP contribution >= 0.6 is 15.9 Å². The van der Waals surface area contributed by atoms with Gasteiger partial charge in [0.1, 0.15) is 4.47 Å². The van der Waals surface area contributed by atoms with Crippen molar-refractivity contribution in [2.45, 2.75) is 13.0 Å². The minimum Gasteiger partial charge on any atom is -0.479 e. The van der Waals surface area contributed by atoms with Gasteiger partial charge in [-0.3, -0.25) is 4.98 Å². The lowest BCUT2D eigenvalue weighted by Gasteiger charge is -2.07. The van der Waals surface area contributed by atoms with E-state index in [1.165, 1.54) is 30.2 Å². The SMILES string of the molecule is CC(Oc1nn(-c2cnccn2)c(-c2ccnnc2)c1Br)C(=O)O. The van der Waals surface area contributed by atoms with Gasteiger partial charge in [0.25, 0.3) is 0 Å². The molecule has 0 aliphatic heterocycles. The lowest BCUT2D eigenvalue weighted by molar-refractivity contribution is -0.144. The van der Waals surface area contributed by atoms with Crippen LogP contribution in [0.3, 0.4) is 0 Å². The maximum atomic E-state index is 11.0. The van der Waals surface area contributed by atoms with Crippen LogP contribution in [0.2, 0.25) is 0 Å². The van der Waals surface area contributed by atoms with Crippen molar-refractivity contribution in [2.24, 2.45) is 0 Å². The van der Waals surface area contributed by atoms with Crippen molar-refractivity contribution in [1.29, 1.82) is 0 Å². The zero-order valence-electron chi connectivity index (χ0n) is 12.4. The molecule has 122 valence electrons. The number of halogens is 1. The highest BCUT2D eigenvalue weighted by Crippen LogP contribution is 2.36. The summed E-state index contributed by atoms with van der Waals surface area (Å²) >= 11 is 3.42. The minimum atomic E-state index is -1.09. The van der Waals surface area contributed by atoms with Crippen LogP contribution in [-0.4, -0.2) is 47.1 Å². The monoisotopic (exact) mass is 390 g/mol. The molecule has 0 aromatic carbocycles. The van der Waals surface area contributed by atoms with E-state index in [2.05, 4.69) is 41.2 Å². The number of carboxylic acid groups (broad SMARTS) is 1. The van der Waals surface area contributed by atoms with Crippen molar-refractivity contribution in [3.63, 3.8) is 0 Å². The van der Waals surface area contributed by atoms with Crippen LogP contribution in [0.1, 0.15) is 6.92 Å². The van der Waals surface area contributed by atoms with E-state index in [1.54, 1.807) is 18.5 Å². The highest BCUT2D eigenvalue weighted by atomic mass is 79.9. The molecule has 0 bridgehead atoms. The van der Waals surface area contributed by atoms with Crippen molar-refractivity contribution in [3.05, 3.63) is 41.5 Å². The van der Waals surface area contributed by atoms with E-state index < -0.39 is 12.1 Å². The molecule has 24 heavy (non-hydrogen) atoms. The average molecular weight is 391 g/mol. The average Bonchev–Trinajstić information content (AvgIpc) is 2.93. The summed E-state index contributed by atoms with van der Waals surface area (Å²) in [5, 5.41) is 20.9. The zero-order valence-corrected chi connectivity index (χ0v) is 14.0. The van der Waals surface area contributed by atoms with Gasteiger partial charge in [-0.25, -0.2) is 14.5 Å². The molecule has 0 spiro atoms. The third-order valence-corrected chi connectivity index (χ3v) is 3.77. The van der Waals surface area contributed by atoms with Crippen LogP contribution in [-0.2, 0) is 4.79 Å². The fourth-order valence-corrected chi connectivity index (χ4v) is 2.49. The summed E-state index contributed by atoms with van der Waals surface area (Å²) in [6, 6.07) is 1.74. The minimum absolute atomic E-state index is 0.127. The van der Waals surface area contributed by atoms with Gasteiger partial charge in [0.05, 0.1) is 24.3 Å². The van der Waals surface area contributed by atoms with E-state index in [0.29, 0.717) is 21.5 Å². The topological polar surface area (TPSA) is 116 Å². The number of carbonyl (C=O) groups is 1. The van der Waals surface area contributed by atoms with Crippen LogP contribution in [0.25, 0.3) is 17.1 Å². The number of hydrogen-bond donors (Lipinski definition) is 1. The highest BCUT2D eigenvalue weighted by Gasteiger charge is 2.24. The maximum Gasteiger partial charge on any atom is 0.344 e. The third kappa shape index (κ3) is 3.08. The number of ether oxygens (including phenoxy) is 1. The molecule has 10 heteroatoms. The molecular formula is C14H11BrN6O3. The molecule has 1 N–H and O–H groups in total. The Balaban J connectivity index is 2.15. The second-order valence-corrected chi connectivity index (χ2v) is 5.47. The molecule has 0 aliphatic rings. The normalized spacial score (nSPS) is 11.9. The summed E-state index contributed by atoms with van der Waals surface area (Å²) in [5.74, 6) is -0.520. The van der Waals surface area contributed by atoms with E-state index in [9.17, 15) is 4.79 Å². The largest absolute Gasteiger partial charge is 0.479 e. The zero-order chi connectivity index (χ0) is 17.1. The number of nitrogens with zero attached hydrogens (tertiary/aromatic N) is 6. The quantitative estimate of drug-likeness (QED) is 0.699. The van der Waals surface area contributed by atoms with Crippen molar-refractivity contribution in [3.8, 4) is 23.0 Å². The number of aromatic nitrogens is 6. The molecule has 0 saturated heterocycles. The van der Waals surface area contributed by atoms with Gasteiger partial charge < -0.3 is 9.84 Å². The van der Waals surface area contributed by atoms with Crippen LogP contribution in [0.5, 0.6) is 5.88 Å². The van der Waals surface area contributed by atoms with Gasteiger partial charge in [-0.15, -0.1) is 5.10 Å². The summed E-state index contributed by atoms with van der Waals surface area (Å²) in [7, 11) is 0. The van der Waals surface area contributed by atoms with Gasteiger partial charge in [0.2, 0.25) is 5.88 Å². The number of aliphatic carboxylic acids is 1. The summed E-state index contributed by atoms with van der Waals surface area (Å²) < 4.78 is 7.39. The molecule has 1 unspecified atom stereocenters. The molecule has 3 aromatic heterocycles. The van der Waals surface area contributed by atoms with Crippen molar-refractivity contribution in [1.82, 2.24) is 29.9 Å². The highest BCUT2D eigenvalue weighted by molar-refractivity contribution is 9.10. The lowest BCUT2D eigenvalue weighted by Crippen LogP contribution is -2.23. The Bertz CT molecular complexity index is 856. The summed E-state index contributed by atoms with van der Waals surface area (Å²) in [6.45, 7) is 1.42. The first kappa shape index (κ1) is 16.0. The molecule has 3 heterocycles. The van der Waals surface area contributed by atoms with E-state index in [4.69, 9.17) is 9.84 Å². The van der Waals surface area contributed by atoms with E-state index in [-0.39, 0.29) is 5.88 Å². The molecule has 0 amide bonds. The van der Waals surface area contributed by atoms with Crippen molar-refractivity contribution >= 4 is 21.9 Å². The van der Waals surface area contributed by atoms with Crippen LogP contribution in [0.15, 0.2) is 41.5 Å². The summed E-state index contributed by atoms with van der Waals surface area (Å²) in [5.41, 5.74) is 1.30.